The molecule has 0 aliphatic carbocycles. The number of carbonyl (C=O) groups is 1. The van der Waals surface area contributed by atoms with E-state index >= 15 is 0 Å². The zero-order chi connectivity index (χ0) is 14.3. The van der Waals surface area contributed by atoms with Gasteiger partial charge in [-0.3, -0.25) is 9.59 Å². The zero-order valence-electron chi connectivity index (χ0n) is 10.7. The normalized spacial score (nSPS) is 10.9. The van der Waals surface area contributed by atoms with Gasteiger partial charge >= 0.3 is 0 Å². The second-order valence-corrected chi connectivity index (χ2v) is 5.02. The highest BCUT2D eigenvalue weighted by molar-refractivity contribution is 6.31. The molecule has 3 aromatic rings. The summed E-state index contributed by atoms with van der Waals surface area (Å²) in [5.41, 5.74) is 2.44. The summed E-state index contributed by atoms with van der Waals surface area (Å²) in [4.78, 5) is 26.0. The number of rotatable bonds is 2. The molecule has 1 aromatic carbocycles. The van der Waals surface area contributed by atoms with Crippen LogP contribution in [0.2, 0.25) is 5.02 Å². The first-order valence-corrected chi connectivity index (χ1v) is 6.44. The van der Waals surface area contributed by atoms with Crippen molar-refractivity contribution >= 4 is 22.9 Å². The van der Waals surface area contributed by atoms with E-state index in [4.69, 9.17) is 11.6 Å². The SMILES string of the molecule is CC(=O)c1ccc(-c2cn3cc(Cl)cc3c(=O)[nH]2)cc1. The highest BCUT2D eigenvalue weighted by Gasteiger charge is 2.06. The number of carbonyl (C=O) groups excluding carboxylic acids is 1. The molecule has 0 amide bonds. The molecule has 0 saturated carbocycles. The van der Waals surface area contributed by atoms with Gasteiger partial charge in [-0.15, -0.1) is 0 Å². The van der Waals surface area contributed by atoms with E-state index in [0.29, 0.717) is 21.8 Å². The van der Waals surface area contributed by atoms with Crippen LogP contribution < -0.4 is 5.56 Å². The lowest BCUT2D eigenvalue weighted by molar-refractivity contribution is 0.101. The van der Waals surface area contributed by atoms with E-state index in [-0.39, 0.29) is 11.3 Å². The van der Waals surface area contributed by atoms with Crippen LogP contribution in [0.3, 0.4) is 0 Å². The summed E-state index contributed by atoms with van der Waals surface area (Å²) in [6, 6.07) is 8.70. The van der Waals surface area contributed by atoms with E-state index in [0.717, 1.165) is 5.56 Å². The molecule has 20 heavy (non-hydrogen) atoms. The number of aromatic nitrogens is 2. The summed E-state index contributed by atoms with van der Waals surface area (Å²) < 4.78 is 1.69. The van der Waals surface area contributed by atoms with Gasteiger partial charge in [0.25, 0.3) is 5.56 Å². The first-order valence-electron chi connectivity index (χ1n) is 6.06. The van der Waals surface area contributed by atoms with Gasteiger partial charge in [-0.05, 0) is 18.6 Å². The molecule has 0 aliphatic rings. The van der Waals surface area contributed by atoms with Gasteiger partial charge in [0.1, 0.15) is 5.52 Å². The Hall–Kier alpha value is -2.33. The fourth-order valence-electron chi connectivity index (χ4n) is 2.12. The molecular formula is C15H11ClN2O2. The molecular weight excluding hydrogens is 276 g/mol. The lowest BCUT2D eigenvalue weighted by atomic mass is 10.1. The predicted molar refractivity (Wildman–Crippen MR) is 78.5 cm³/mol. The molecule has 0 bridgehead atoms. The molecule has 4 nitrogen and oxygen atoms in total. The second-order valence-electron chi connectivity index (χ2n) is 4.58. The number of hydrogen-bond donors (Lipinski definition) is 1. The van der Waals surface area contributed by atoms with Crippen molar-refractivity contribution in [1.29, 1.82) is 0 Å². The van der Waals surface area contributed by atoms with Crippen LogP contribution in [0.1, 0.15) is 17.3 Å². The minimum Gasteiger partial charge on any atom is -0.319 e. The van der Waals surface area contributed by atoms with E-state index in [2.05, 4.69) is 4.98 Å². The zero-order valence-corrected chi connectivity index (χ0v) is 11.4. The average molecular weight is 287 g/mol. The lowest BCUT2D eigenvalue weighted by Crippen LogP contribution is -2.09. The van der Waals surface area contributed by atoms with Gasteiger partial charge in [0.2, 0.25) is 0 Å². The number of fused-ring (bicyclic) bond motifs is 1. The highest BCUT2D eigenvalue weighted by atomic mass is 35.5. The number of aromatic amines is 1. The minimum atomic E-state index is -0.204. The largest absolute Gasteiger partial charge is 0.319 e. The van der Waals surface area contributed by atoms with Gasteiger partial charge in [0.05, 0.1) is 10.7 Å². The third-order valence-corrected chi connectivity index (χ3v) is 3.37. The molecule has 0 atom stereocenters. The molecule has 3 rings (SSSR count). The summed E-state index contributed by atoms with van der Waals surface area (Å²) >= 11 is 5.90. The Kier molecular flexibility index (Phi) is 2.95. The Labute approximate surface area is 119 Å². The van der Waals surface area contributed by atoms with Crippen LogP contribution >= 0.6 is 11.6 Å². The van der Waals surface area contributed by atoms with Crippen molar-refractivity contribution in [3.05, 3.63) is 63.7 Å². The average Bonchev–Trinajstić information content (AvgIpc) is 2.80. The summed E-state index contributed by atoms with van der Waals surface area (Å²) in [5, 5.41) is 0.513. The number of nitrogens with one attached hydrogen (secondary N) is 1. The minimum absolute atomic E-state index is 0.0117. The van der Waals surface area contributed by atoms with Crippen LogP contribution in [-0.2, 0) is 0 Å². The third-order valence-electron chi connectivity index (χ3n) is 3.17. The molecule has 100 valence electrons. The summed E-state index contributed by atoms with van der Waals surface area (Å²) in [6.07, 6.45) is 3.48. The van der Waals surface area contributed by atoms with E-state index in [9.17, 15) is 9.59 Å². The Morgan fingerprint density at radius 2 is 1.90 bits per heavy atom. The van der Waals surface area contributed by atoms with E-state index in [1.807, 2.05) is 0 Å². The smallest absolute Gasteiger partial charge is 0.272 e. The molecule has 5 heteroatoms. The molecule has 0 saturated heterocycles. The quantitative estimate of drug-likeness (QED) is 0.736. The second kappa shape index (κ2) is 4.65. The van der Waals surface area contributed by atoms with Crippen molar-refractivity contribution in [2.45, 2.75) is 6.92 Å². The van der Waals surface area contributed by atoms with Crippen LogP contribution in [0.4, 0.5) is 0 Å². The summed E-state index contributed by atoms with van der Waals surface area (Å²) in [7, 11) is 0. The van der Waals surface area contributed by atoms with Crippen molar-refractivity contribution in [3.8, 4) is 11.3 Å². The van der Waals surface area contributed by atoms with Crippen molar-refractivity contribution in [1.82, 2.24) is 9.38 Å². The topological polar surface area (TPSA) is 54.3 Å². The maximum atomic E-state index is 12.0. The summed E-state index contributed by atoms with van der Waals surface area (Å²) in [6.45, 7) is 1.52. The van der Waals surface area contributed by atoms with Crippen molar-refractivity contribution in [2.24, 2.45) is 0 Å². The third kappa shape index (κ3) is 2.14. The molecule has 0 unspecified atom stereocenters. The summed E-state index contributed by atoms with van der Waals surface area (Å²) in [5.74, 6) is 0.0117. The van der Waals surface area contributed by atoms with E-state index in [1.54, 1.807) is 47.1 Å². The first kappa shape index (κ1) is 12.7. The van der Waals surface area contributed by atoms with Crippen LogP contribution in [0.5, 0.6) is 0 Å². The van der Waals surface area contributed by atoms with Gasteiger partial charge in [0, 0.05) is 18.0 Å². The number of nitrogens with zero attached hydrogens (tertiary/aromatic N) is 1. The molecule has 0 aliphatic heterocycles. The molecule has 0 radical (unpaired) electrons. The Balaban J connectivity index is 2.14. The van der Waals surface area contributed by atoms with Crippen LogP contribution in [0, 0.1) is 0 Å². The highest BCUT2D eigenvalue weighted by Crippen LogP contribution is 2.19. The van der Waals surface area contributed by atoms with E-state index < -0.39 is 0 Å². The maximum Gasteiger partial charge on any atom is 0.272 e. The number of ketones is 1. The van der Waals surface area contributed by atoms with Crippen LogP contribution in [0.25, 0.3) is 16.8 Å². The number of Topliss-reactive ketones (excluding diaryl/α,β-unsaturated/α-hetero) is 1. The van der Waals surface area contributed by atoms with Gasteiger partial charge < -0.3 is 9.38 Å². The monoisotopic (exact) mass is 286 g/mol. The standard InChI is InChI=1S/C15H11ClN2O2/c1-9(19)10-2-4-11(5-3-10)13-8-18-7-12(16)6-14(18)15(20)17-13/h2-8H,1H3,(H,17,20). The van der Waals surface area contributed by atoms with E-state index in [1.165, 1.54) is 6.92 Å². The number of hydrogen-bond acceptors (Lipinski definition) is 2. The fourth-order valence-corrected chi connectivity index (χ4v) is 2.33. The number of benzene rings is 1. The van der Waals surface area contributed by atoms with Crippen molar-refractivity contribution < 1.29 is 4.79 Å². The molecule has 2 aromatic heterocycles. The Morgan fingerprint density at radius 1 is 1.20 bits per heavy atom. The van der Waals surface area contributed by atoms with Crippen molar-refractivity contribution in [2.75, 3.05) is 0 Å². The van der Waals surface area contributed by atoms with Gasteiger partial charge in [-0.25, -0.2) is 0 Å². The van der Waals surface area contributed by atoms with Crippen LogP contribution in [-0.4, -0.2) is 15.2 Å². The van der Waals surface area contributed by atoms with Gasteiger partial charge in [0.15, 0.2) is 5.78 Å². The molecule has 0 spiro atoms. The predicted octanol–water partition coefficient (Wildman–Crippen LogP) is 3.15. The lowest BCUT2D eigenvalue weighted by Gasteiger charge is -2.04. The first-order chi connectivity index (χ1) is 9.54. The molecule has 1 N–H and O–H groups in total. The molecule has 0 fully saturated rings. The number of H-pyrrole nitrogens is 1. The molecule has 2 heterocycles. The Morgan fingerprint density at radius 3 is 2.55 bits per heavy atom. The van der Waals surface area contributed by atoms with Gasteiger partial charge in [-0.2, -0.15) is 0 Å². The van der Waals surface area contributed by atoms with Crippen molar-refractivity contribution in [3.63, 3.8) is 0 Å². The fraction of sp³-hybridized carbons (Fsp3) is 0.0667. The van der Waals surface area contributed by atoms with Crippen LogP contribution in [0.15, 0.2) is 47.5 Å². The van der Waals surface area contributed by atoms with Gasteiger partial charge in [-0.1, -0.05) is 35.9 Å². The maximum absolute atomic E-state index is 12.0. The Bertz CT molecular complexity index is 860. The number of halogens is 1.